The van der Waals surface area contributed by atoms with Crippen molar-refractivity contribution in [1.82, 2.24) is 0 Å². The van der Waals surface area contributed by atoms with Gasteiger partial charge in [0, 0.05) is 13.1 Å². The Morgan fingerprint density at radius 1 is 1.00 bits per heavy atom. The maximum absolute atomic E-state index is 5.77. The molecule has 1 rings (SSSR count). The van der Waals surface area contributed by atoms with E-state index >= 15 is 0 Å². The van der Waals surface area contributed by atoms with Crippen molar-refractivity contribution in [1.29, 1.82) is 0 Å². The summed E-state index contributed by atoms with van der Waals surface area (Å²) in [4.78, 5) is 0. The molecular weight excluding hydrogens is 168 g/mol. The Bertz CT molecular complexity index is 146. The molecule has 0 spiro atoms. The van der Waals surface area contributed by atoms with Gasteiger partial charge >= 0.3 is 0 Å². The maximum Gasteiger partial charge on any atom is 0.168 e. The molecule has 0 aromatic carbocycles. The van der Waals surface area contributed by atoms with Gasteiger partial charge in [-0.25, -0.2) is 0 Å². The van der Waals surface area contributed by atoms with Crippen LogP contribution in [0.2, 0.25) is 0 Å². The van der Waals surface area contributed by atoms with E-state index in [0.717, 1.165) is 12.8 Å². The highest BCUT2D eigenvalue weighted by Crippen LogP contribution is 2.33. The van der Waals surface area contributed by atoms with Crippen molar-refractivity contribution in [2.45, 2.75) is 44.7 Å². The van der Waals surface area contributed by atoms with Gasteiger partial charge in [-0.2, -0.15) is 0 Å². The summed E-state index contributed by atoms with van der Waals surface area (Å²) in [5.74, 6) is -0.436. The quantitative estimate of drug-likeness (QED) is 0.661. The second kappa shape index (κ2) is 4.37. The predicted molar refractivity (Wildman–Crippen MR) is 51.2 cm³/mol. The van der Waals surface area contributed by atoms with E-state index in [4.69, 9.17) is 20.9 Å². The molecule has 2 atom stereocenters. The summed E-state index contributed by atoms with van der Waals surface area (Å²) in [6.07, 6.45) is 1.61. The summed E-state index contributed by atoms with van der Waals surface area (Å²) in [6.45, 7) is 5.05. The molecule has 0 unspecified atom stereocenters. The van der Waals surface area contributed by atoms with Gasteiger partial charge in [-0.15, -0.1) is 0 Å². The molecular formula is C9H20N2O2. The number of ether oxygens (including phenoxy) is 2. The summed E-state index contributed by atoms with van der Waals surface area (Å²) in [5.41, 5.74) is 11.1. The maximum atomic E-state index is 5.77. The summed E-state index contributed by atoms with van der Waals surface area (Å²) >= 11 is 0. The van der Waals surface area contributed by atoms with Crippen LogP contribution in [0.15, 0.2) is 0 Å². The van der Waals surface area contributed by atoms with Crippen LogP contribution in [0.5, 0.6) is 0 Å². The highest BCUT2D eigenvalue weighted by atomic mass is 16.8. The molecule has 1 heterocycles. The lowest BCUT2D eigenvalue weighted by molar-refractivity contribution is -0.177. The van der Waals surface area contributed by atoms with E-state index in [1.165, 1.54) is 0 Å². The van der Waals surface area contributed by atoms with Crippen LogP contribution < -0.4 is 11.5 Å². The molecule has 1 saturated heterocycles. The minimum absolute atomic E-state index is 0.0371. The Morgan fingerprint density at radius 3 is 1.62 bits per heavy atom. The third-order valence-corrected chi connectivity index (χ3v) is 2.69. The lowest BCUT2D eigenvalue weighted by atomic mass is 10.1. The van der Waals surface area contributed by atoms with Gasteiger partial charge in [0.25, 0.3) is 0 Å². The molecule has 1 aliphatic heterocycles. The molecule has 4 heteroatoms. The Kier molecular flexibility index (Phi) is 3.67. The number of rotatable bonds is 4. The van der Waals surface area contributed by atoms with Crippen LogP contribution in [-0.2, 0) is 9.47 Å². The minimum atomic E-state index is -0.436. The van der Waals surface area contributed by atoms with E-state index in [9.17, 15) is 0 Å². The first-order valence-electron chi connectivity index (χ1n) is 4.97. The average molecular weight is 188 g/mol. The SMILES string of the molecule is CCC1(CC)O[C@H](CN)[C@@H](CN)O1. The molecule has 0 aliphatic carbocycles. The monoisotopic (exact) mass is 188 g/mol. The van der Waals surface area contributed by atoms with Crippen molar-refractivity contribution in [3.8, 4) is 0 Å². The van der Waals surface area contributed by atoms with Crippen LogP contribution in [0, 0.1) is 0 Å². The molecule has 4 N–H and O–H groups in total. The first-order chi connectivity index (χ1) is 6.21. The van der Waals surface area contributed by atoms with Gasteiger partial charge in [0.15, 0.2) is 5.79 Å². The summed E-state index contributed by atoms with van der Waals surface area (Å²) in [6, 6.07) is 0. The molecule has 4 nitrogen and oxygen atoms in total. The fraction of sp³-hybridized carbons (Fsp3) is 1.00. The lowest BCUT2D eigenvalue weighted by Crippen LogP contribution is -2.35. The fourth-order valence-corrected chi connectivity index (χ4v) is 1.71. The van der Waals surface area contributed by atoms with E-state index in [0.29, 0.717) is 13.1 Å². The van der Waals surface area contributed by atoms with Crippen molar-refractivity contribution >= 4 is 0 Å². The van der Waals surface area contributed by atoms with Crippen molar-refractivity contribution in [2.24, 2.45) is 11.5 Å². The second-order valence-electron chi connectivity index (χ2n) is 3.40. The standard InChI is InChI=1S/C9H20N2O2/c1-3-9(4-2)12-7(5-10)8(6-11)13-9/h7-8H,3-6,10-11H2,1-2H3/t7-,8-/m1/s1. The van der Waals surface area contributed by atoms with E-state index in [-0.39, 0.29) is 12.2 Å². The van der Waals surface area contributed by atoms with Crippen molar-refractivity contribution < 1.29 is 9.47 Å². The zero-order valence-corrected chi connectivity index (χ0v) is 8.45. The second-order valence-corrected chi connectivity index (χ2v) is 3.40. The van der Waals surface area contributed by atoms with E-state index in [2.05, 4.69) is 13.8 Å². The highest BCUT2D eigenvalue weighted by molar-refractivity contribution is 4.85. The summed E-state index contributed by atoms with van der Waals surface area (Å²) in [7, 11) is 0. The van der Waals surface area contributed by atoms with Crippen LogP contribution in [0.1, 0.15) is 26.7 Å². The Morgan fingerprint density at radius 2 is 1.38 bits per heavy atom. The molecule has 78 valence electrons. The van der Waals surface area contributed by atoms with Gasteiger partial charge in [-0.1, -0.05) is 13.8 Å². The highest BCUT2D eigenvalue weighted by Gasteiger charge is 2.43. The molecule has 0 amide bonds. The van der Waals surface area contributed by atoms with Gasteiger partial charge in [0.05, 0.1) is 0 Å². The van der Waals surface area contributed by atoms with Gasteiger partial charge in [0.1, 0.15) is 12.2 Å². The van der Waals surface area contributed by atoms with Crippen LogP contribution in [-0.4, -0.2) is 31.1 Å². The van der Waals surface area contributed by atoms with Crippen molar-refractivity contribution in [3.63, 3.8) is 0 Å². The molecule has 1 aliphatic rings. The third-order valence-electron chi connectivity index (χ3n) is 2.69. The van der Waals surface area contributed by atoms with Crippen LogP contribution in [0.3, 0.4) is 0 Å². The van der Waals surface area contributed by atoms with Gasteiger partial charge in [0.2, 0.25) is 0 Å². The third kappa shape index (κ3) is 2.02. The zero-order chi connectivity index (χ0) is 9.90. The Hall–Kier alpha value is -0.160. The molecule has 0 aromatic rings. The van der Waals surface area contributed by atoms with Crippen molar-refractivity contribution in [3.05, 3.63) is 0 Å². The van der Waals surface area contributed by atoms with Gasteiger partial charge in [-0.3, -0.25) is 0 Å². The summed E-state index contributed by atoms with van der Waals surface area (Å²) < 4.78 is 11.5. The first-order valence-corrected chi connectivity index (χ1v) is 4.97. The molecule has 1 fully saturated rings. The van der Waals surface area contributed by atoms with Crippen molar-refractivity contribution in [2.75, 3.05) is 13.1 Å². The lowest BCUT2D eigenvalue weighted by Gasteiger charge is -2.25. The molecule has 0 saturated carbocycles. The first kappa shape index (κ1) is 10.9. The van der Waals surface area contributed by atoms with Crippen LogP contribution in [0.4, 0.5) is 0 Å². The van der Waals surface area contributed by atoms with Gasteiger partial charge < -0.3 is 20.9 Å². The molecule has 13 heavy (non-hydrogen) atoms. The van der Waals surface area contributed by atoms with Crippen LogP contribution >= 0.6 is 0 Å². The largest absolute Gasteiger partial charge is 0.343 e. The topological polar surface area (TPSA) is 70.5 Å². The Labute approximate surface area is 79.6 Å². The average Bonchev–Trinajstić information content (AvgIpc) is 2.57. The number of nitrogens with two attached hydrogens (primary N) is 2. The van der Waals surface area contributed by atoms with E-state index < -0.39 is 5.79 Å². The van der Waals surface area contributed by atoms with E-state index in [1.54, 1.807) is 0 Å². The minimum Gasteiger partial charge on any atom is -0.343 e. The molecule has 0 aromatic heterocycles. The molecule has 0 radical (unpaired) electrons. The summed E-state index contributed by atoms with van der Waals surface area (Å²) in [5, 5.41) is 0. The van der Waals surface area contributed by atoms with Crippen LogP contribution in [0.25, 0.3) is 0 Å². The van der Waals surface area contributed by atoms with E-state index in [1.807, 2.05) is 0 Å². The molecule has 0 bridgehead atoms. The normalized spacial score (nSPS) is 32.3. The Balaban J connectivity index is 2.65. The van der Waals surface area contributed by atoms with Gasteiger partial charge in [-0.05, 0) is 12.8 Å². The number of hydrogen-bond acceptors (Lipinski definition) is 4. The number of hydrogen-bond donors (Lipinski definition) is 2. The zero-order valence-electron chi connectivity index (χ0n) is 8.45. The predicted octanol–water partition coefficient (Wildman–Crippen LogP) is 0.204. The fourth-order valence-electron chi connectivity index (χ4n) is 1.71. The smallest absolute Gasteiger partial charge is 0.168 e.